The first kappa shape index (κ1) is 12.9. The van der Waals surface area contributed by atoms with Gasteiger partial charge in [0, 0.05) is 5.56 Å². The van der Waals surface area contributed by atoms with Gasteiger partial charge in [-0.25, -0.2) is 4.99 Å². The zero-order chi connectivity index (χ0) is 13.9. The minimum atomic E-state index is -0.605. The fourth-order valence-electron chi connectivity index (χ4n) is 2.30. The zero-order valence-electron chi connectivity index (χ0n) is 11.4. The number of benzene rings is 2. The van der Waals surface area contributed by atoms with Gasteiger partial charge in [-0.15, -0.1) is 0 Å². The zero-order valence-corrected chi connectivity index (χ0v) is 11.4. The van der Waals surface area contributed by atoms with Crippen molar-refractivity contribution in [3.05, 3.63) is 71.3 Å². The molecule has 1 aliphatic rings. The third-order valence-corrected chi connectivity index (χ3v) is 3.44. The first-order valence-electron chi connectivity index (χ1n) is 6.75. The molecule has 3 heteroatoms. The number of rotatable bonds is 2. The Balaban J connectivity index is 1.87. The summed E-state index contributed by atoms with van der Waals surface area (Å²) in [5, 5.41) is 10.1. The van der Waals surface area contributed by atoms with Crippen LogP contribution in [0.5, 0.6) is 0 Å². The van der Waals surface area contributed by atoms with Gasteiger partial charge < -0.3 is 9.84 Å². The lowest BCUT2D eigenvalue weighted by molar-refractivity contribution is 0.0217. The Morgan fingerprint density at radius 2 is 1.75 bits per heavy atom. The van der Waals surface area contributed by atoms with E-state index in [2.05, 4.69) is 4.99 Å². The van der Waals surface area contributed by atoms with E-state index in [0.717, 1.165) is 11.1 Å². The van der Waals surface area contributed by atoms with Crippen molar-refractivity contribution in [2.24, 2.45) is 4.99 Å². The summed E-state index contributed by atoms with van der Waals surface area (Å²) in [7, 11) is 0. The van der Waals surface area contributed by atoms with Crippen LogP contribution in [-0.4, -0.2) is 23.7 Å². The maximum absolute atomic E-state index is 10.1. The highest BCUT2D eigenvalue weighted by atomic mass is 16.5. The third kappa shape index (κ3) is 2.58. The summed E-state index contributed by atoms with van der Waals surface area (Å²) in [5.74, 6) is 0.601. The smallest absolute Gasteiger partial charge is 0.216 e. The van der Waals surface area contributed by atoms with Crippen LogP contribution < -0.4 is 0 Å². The van der Waals surface area contributed by atoms with Gasteiger partial charge in [-0.05, 0) is 24.6 Å². The van der Waals surface area contributed by atoms with Gasteiger partial charge in [0.05, 0.1) is 6.54 Å². The monoisotopic (exact) mass is 267 g/mol. The number of hydrogen-bond acceptors (Lipinski definition) is 3. The number of ether oxygens (including phenoxy) is 1. The van der Waals surface area contributed by atoms with Crippen molar-refractivity contribution in [3.63, 3.8) is 0 Å². The SMILES string of the molecule is Cc1ccc(C2=NCC(O)C(c3ccccc3)O2)cc1. The molecule has 2 aromatic carbocycles. The fourth-order valence-corrected chi connectivity index (χ4v) is 2.30. The molecular weight excluding hydrogens is 250 g/mol. The molecule has 0 bridgehead atoms. The third-order valence-electron chi connectivity index (χ3n) is 3.44. The van der Waals surface area contributed by atoms with Gasteiger partial charge in [0.15, 0.2) is 6.10 Å². The van der Waals surface area contributed by atoms with Gasteiger partial charge in [-0.1, -0.05) is 48.0 Å². The molecule has 0 saturated heterocycles. The summed E-state index contributed by atoms with van der Waals surface area (Å²) in [6.45, 7) is 2.41. The van der Waals surface area contributed by atoms with Crippen LogP contribution in [0.25, 0.3) is 0 Å². The minimum absolute atomic E-state index is 0.356. The van der Waals surface area contributed by atoms with Gasteiger partial charge in [-0.2, -0.15) is 0 Å². The molecule has 2 aromatic rings. The predicted octanol–water partition coefficient (Wildman–Crippen LogP) is 2.87. The van der Waals surface area contributed by atoms with Crippen LogP contribution in [0.2, 0.25) is 0 Å². The van der Waals surface area contributed by atoms with Gasteiger partial charge in [0.2, 0.25) is 5.90 Å². The Morgan fingerprint density at radius 3 is 2.45 bits per heavy atom. The van der Waals surface area contributed by atoms with Crippen LogP contribution in [-0.2, 0) is 4.74 Å². The second kappa shape index (κ2) is 5.47. The van der Waals surface area contributed by atoms with Gasteiger partial charge in [0.25, 0.3) is 0 Å². The lowest BCUT2D eigenvalue weighted by Gasteiger charge is -2.28. The van der Waals surface area contributed by atoms with Crippen molar-refractivity contribution in [2.75, 3.05) is 6.54 Å². The molecule has 2 unspecified atom stereocenters. The van der Waals surface area contributed by atoms with E-state index in [-0.39, 0.29) is 6.10 Å². The van der Waals surface area contributed by atoms with E-state index in [1.54, 1.807) is 0 Å². The summed E-state index contributed by atoms with van der Waals surface area (Å²) in [4.78, 5) is 4.33. The van der Waals surface area contributed by atoms with Crippen molar-refractivity contribution in [3.8, 4) is 0 Å². The van der Waals surface area contributed by atoms with Crippen LogP contribution in [0.15, 0.2) is 59.6 Å². The molecule has 2 atom stereocenters. The molecule has 0 saturated carbocycles. The molecule has 1 aliphatic heterocycles. The summed E-state index contributed by atoms with van der Waals surface area (Å²) < 4.78 is 5.91. The van der Waals surface area contributed by atoms with Crippen molar-refractivity contribution >= 4 is 5.90 Å². The second-order valence-electron chi connectivity index (χ2n) is 5.03. The maximum atomic E-state index is 10.1. The van der Waals surface area contributed by atoms with E-state index in [1.807, 2.05) is 61.5 Å². The molecule has 1 heterocycles. The summed E-state index contributed by atoms with van der Waals surface area (Å²) in [5.41, 5.74) is 3.12. The molecule has 1 N–H and O–H groups in total. The van der Waals surface area contributed by atoms with Crippen LogP contribution >= 0.6 is 0 Å². The largest absolute Gasteiger partial charge is 0.466 e. The number of aliphatic hydroxyl groups excluding tert-OH is 1. The summed E-state index contributed by atoms with van der Waals surface area (Å²) >= 11 is 0. The lowest BCUT2D eigenvalue weighted by atomic mass is 10.0. The molecule has 0 radical (unpaired) electrons. The molecule has 102 valence electrons. The Kier molecular flexibility index (Phi) is 3.52. The molecular formula is C17H17NO2. The molecule has 3 nitrogen and oxygen atoms in total. The average molecular weight is 267 g/mol. The topological polar surface area (TPSA) is 41.8 Å². The predicted molar refractivity (Wildman–Crippen MR) is 78.9 cm³/mol. The molecule has 0 aromatic heterocycles. The quantitative estimate of drug-likeness (QED) is 0.909. The van der Waals surface area contributed by atoms with Gasteiger partial charge >= 0.3 is 0 Å². The highest BCUT2D eigenvalue weighted by molar-refractivity contribution is 5.94. The second-order valence-corrected chi connectivity index (χ2v) is 5.03. The number of aliphatic hydroxyl groups is 1. The van der Waals surface area contributed by atoms with Crippen molar-refractivity contribution < 1.29 is 9.84 Å². The first-order chi connectivity index (χ1) is 9.74. The Morgan fingerprint density at radius 1 is 1.05 bits per heavy atom. The van der Waals surface area contributed by atoms with Gasteiger partial charge in [0.1, 0.15) is 6.10 Å². The van der Waals surface area contributed by atoms with Crippen molar-refractivity contribution in [1.82, 2.24) is 0 Å². The van der Waals surface area contributed by atoms with Gasteiger partial charge in [-0.3, -0.25) is 0 Å². The highest BCUT2D eigenvalue weighted by Gasteiger charge is 2.28. The lowest BCUT2D eigenvalue weighted by Crippen LogP contribution is -2.31. The molecule has 0 fully saturated rings. The molecule has 0 aliphatic carbocycles. The van der Waals surface area contributed by atoms with Crippen LogP contribution in [0.4, 0.5) is 0 Å². The van der Waals surface area contributed by atoms with E-state index in [1.165, 1.54) is 5.56 Å². The van der Waals surface area contributed by atoms with E-state index in [4.69, 9.17) is 4.74 Å². The number of aryl methyl sites for hydroxylation is 1. The van der Waals surface area contributed by atoms with E-state index >= 15 is 0 Å². The molecule has 3 rings (SSSR count). The number of nitrogens with zero attached hydrogens (tertiary/aromatic N) is 1. The highest BCUT2D eigenvalue weighted by Crippen LogP contribution is 2.26. The Hall–Kier alpha value is -2.13. The standard InChI is InChI=1S/C17H17NO2/c1-12-7-9-14(10-8-12)17-18-11-15(19)16(20-17)13-5-3-2-4-6-13/h2-10,15-16,19H,11H2,1H3. The minimum Gasteiger partial charge on any atom is -0.466 e. The number of hydrogen-bond donors (Lipinski definition) is 1. The molecule has 0 amide bonds. The van der Waals surface area contributed by atoms with Crippen LogP contribution in [0.1, 0.15) is 22.8 Å². The van der Waals surface area contributed by atoms with E-state index in [0.29, 0.717) is 12.4 Å². The molecule has 20 heavy (non-hydrogen) atoms. The molecule has 0 spiro atoms. The van der Waals surface area contributed by atoms with E-state index in [9.17, 15) is 5.11 Å². The summed E-state index contributed by atoms with van der Waals surface area (Å²) in [6, 6.07) is 17.8. The van der Waals surface area contributed by atoms with Crippen LogP contribution in [0.3, 0.4) is 0 Å². The maximum Gasteiger partial charge on any atom is 0.216 e. The normalized spacial score (nSPS) is 22.0. The average Bonchev–Trinajstić information content (AvgIpc) is 2.50. The Bertz CT molecular complexity index is 605. The van der Waals surface area contributed by atoms with E-state index < -0.39 is 6.10 Å². The first-order valence-corrected chi connectivity index (χ1v) is 6.75. The Labute approximate surface area is 118 Å². The van der Waals surface area contributed by atoms with Crippen molar-refractivity contribution in [1.29, 1.82) is 0 Å². The summed E-state index contributed by atoms with van der Waals surface area (Å²) in [6.07, 6.45) is -0.961. The fraction of sp³-hybridized carbons (Fsp3) is 0.235. The number of aliphatic imine (C=N–C) groups is 1. The van der Waals surface area contributed by atoms with Crippen LogP contribution in [0, 0.1) is 6.92 Å². The van der Waals surface area contributed by atoms with Crippen molar-refractivity contribution in [2.45, 2.75) is 19.1 Å².